The Bertz CT molecular complexity index is 436. The number of ether oxygens (including phenoxy) is 1. The van der Waals surface area contributed by atoms with Gasteiger partial charge in [-0.25, -0.2) is 8.78 Å². The first-order chi connectivity index (χ1) is 8.52. The lowest BCUT2D eigenvalue weighted by Gasteiger charge is -2.29. The van der Waals surface area contributed by atoms with Gasteiger partial charge in [-0.3, -0.25) is 4.79 Å². The van der Waals surface area contributed by atoms with Crippen LogP contribution in [0.5, 0.6) is 11.5 Å². The van der Waals surface area contributed by atoms with E-state index in [1.165, 1.54) is 6.07 Å². The van der Waals surface area contributed by atoms with E-state index in [2.05, 4.69) is 0 Å². The van der Waals surface area contributed by atoms with E-state index >= 15 is 0 Å². The van der Waals surface area contributed by atoms with Crippen molar-refractivity contribution in [3.8, 4) is 11.5 Å². The molecule has 1 saturated carbocycles. The van der Waals surface area contributed by atoms with Crippen molar-refractivity contribution in [2.24, 2.45) is 0 Å². The highest BCUT2D eigenvalue weighted by molar-refractivity contribution is 5.83. The lowest BCUT2D eigenvalue weighted by Crippen LogP contribution is -2.30. The first kappa shape index (κ1) is 12.8. The molecule has 0 spiro atoms. The van der Waals surface area contributed by atoms with Gasteiger partial charge in [-0.15, -0.1) is 0 Å². The molecule has 0 unspecified atom stereocenters. The Hall–Kier alpha value is -1.65. The first-order valence-electron chi connectivity index (χ1n) is 5.83. The lowest BCUT2D eigenvalue weighted by molar-refractivity contribution is -0.0583. The third kappa shape index (κ3) is 2.78. The van der Waals surface area contributed by atoms with E-state index in [4.69, 9.17) is 4.74 Å². The predicted molar refractivity (Wildman–Crippen MR) is 61.3 cm³/mol. The number of phenols is 1. The SMILES string of the molecule is O=Cc1c(O)cccc1OC1CCC(F)(F)CC1. The van der Waals surface area contributed by atoms with Gasteiger partial charge in [0.2, 0.25) is 5.92 Å². The molecule has 0 aromatic heterocycles. The number of benzene rings is 1. The maximum Gasteiger partial charge on any atom is 0.248 e. The van der Waals surface area contributed by atoms with Crippen molar-refractivity contribution < 1.29 is 23.4 Å². The number of rotatable bonds is 3. The summed E-state index contributed by atoms with van der Waals surface area (Å²) in [7, 11) is 0. The fraction of sp³-hybridized carbons (Fsp3) is 0.462. The molecule has 18 heavy (non-hydrogen) atoms. The minimum Gasteiger partial charge on any atom is -0.507 e. The van der Waals surface area contributed by atoms with Gasteiger partial charge in [0.1, 0.15) is 11.5 Å². The predicted octanol–water partition coefficient (Wildman–Crippen LogP) is 3.16. The summed E-state index contributed by atoms with van der Waals surface area (Å²) >= 11 is 0. The zero-order valence-electron chi connectivity index (χ0n) is 9.73. The molecule has 1 fully saturated rings. The van der Waals surface area contributed by atoms with E-state index < -0.39 is 5.92 Å². The van der Waals surface area contributed by atoms with E-state index in [1.807, 2.05) is 0 Å². The van der Waals surface area contributed by atoms with Crippen LogP contribution >= 0.6 is 0 Å². The lowest BCUT2D eigenvalue weighted by atomic mass is 9.94. The number of alkyl halides is 2. The Labute approximate surface area is 103 Å². The van der Waals surface area contributed by atoms with Gasteiger partial charge in [0, 0.05) is 12.8 Å². The molecule has 1 aliphatic rings. The number of hydrogen-bond acceptors (Lipinski definition) is 3. The molecular formula is C13H14F2O3. The molecule has 1 aliphatic carbocycles. The highest BCUT2D eigenvalue weighted by Crippen LogP contribution is 2.36. The molecule has 0 amide bonds. The van der Waals surface area contributed by atoms with Crippen molar-refractivity contribution in [2.75, 3.05) is 0 Å². The first-order valence-corrected chi connectivity index (χ1v) is 5.83. The van der Waals surface area contributed by atoms with Crippen LogP contribution in [-0.4, -0.2) is 23.4 Å². The third-order valence-corrected chi connectivity index (χ3v) is 3.12. The summed E-state index contributed by atoms with van der Waals surface area (Å²) in [6, 6.07) is 4.48. The molecule has 1 aromatic rings. The van der Waals surface area contributed by atoms with Crippen LogP contribution in [0, 0.1) is 0 Å². The largest absolute Gasteiger partial charge is 0.507 e. The third-order valence-electron chi connectivity index (χ3n) is 3.12. The average Bonchev–Trinajstić information content (AvgIpc) is 2.32. The molecule has 0 bridgehead atoms. The van der Waals surface area contributed by atoms with Crippen LogP contribution in [0.3, 0.4) is 0 Å². The summed E-state index contributed by atoms with van der Waals surface area (Å²) in [5.41, 5.74) is 0.0647. The monoisotopic (exact) mass is 256 g/mol. The number of halogens is 2. The van der Waals surface area contributed by atoms with E-state index in [0.29, 0.717) is 6.29 Å². The van der Waals surface area contributed by atoms with Crippen molar-refractivity contribution >= 4 is 6.29 Å². The Morgan fingerprint density at radius 1 is 1.33 bits per heavy atom. The topological polar surface area (TPSA) is 46.5 Å². The van der Waals surface area contributed by atoms with Crippen LogP contribution < -0.4 is 4.74 Å². The average molecular weight is 256 g/mol. The zero-order valence-corrected chi connectivity index (χ0v) is 9.73. The highest BCUT2D eigenvalue weighted by atomic mass is 19.3. The van der Waals surface area contributed by atoms with Crippen LogP contribution in [0.4, 0.5) is 8.78 Å². The van der Waals surface area contributed by atoms with E-state index in [-0.39, 0.29) is 48.8 Å². The maximum absolute atomic E-state index is 13.0. The van der Waals surface area contributed by atoms with Crippen LogP contribution in [0.25, 0.3) is 0 Å². The Kier molecular flexibility index (Phi) is 3.50. The number of aromatic hydroxyl groups is 1. The van der Waals surface area contributed by atoms with Gasteiger partial charge >= 0.3 is 0 Å². The van der Waals surface area contributed by atoms with Gasteiger partial charge < -0.3 is 9.84 Å². The van der Waals surface area contributed by atoms with E-state index in [9.17, 15) is 18.7 Å². The van der Waals surface area contributed by atoms with Crippen molar-refractivity contribution in [1.29, 1.82) is 0 Å². The number of aldehydes is 1. The number of phenolic OH excluding ortho intramolecular Hbond substituents is 1. The van der Waals surface area contributed by atoms with Crippen LogP contribution in [0.15, 0.2) is 18.2 Å². The molecule has 1 aromatic carbocycles. The molecule has 2 rings (SSSR count). The summed E-state index contributed by atoms with van der Waals surface area (Å²) < 4.78 is 31.5. The van der Waals surface area contributed by atoms with Crippen molar-refractivity contribution in [3.63, 3.8) is 0 Å². The quantitative estimate of drug-likeness (QED) is 0.845. The van der Waals surface area contributed by atoms with Crippen LogP contribution in [0.2, 0.25) is 0 Å². The fourth-order valence-corrected chi connectivity index (χ4v) is 2.06. The van der Waals surface area contributed by atoms with Gasteiger partial charge in [-0.05, 0) is 25.0 Å². The van der Waals surface area contributed by atoms with Crippen molar-refractivity contribution in [2.45, 2.75) is 37.7 Å². The summed E-state index contributed by atoms with van der Waals surface area (Å²) in [5, 5.41) is 9.47. The molecule has 98 valence electrons. The second kappa shape index (κ2) is 4.92. The molecule has 0 aliphatic heterocycles. The summed E-state index contributed by atoms with van der Waals surface area (Å²) in [4.78, 5) is 10.8. The molecule has 0 atom stereocenters. The standard InChI is InChI=1S/C13H14F2O3/c14-13(15)6-4-9(5-7-13)18-12-3-1-2-11(17)10(12)8-16/h1-3,8-9,17H,4-7H2. The number of carbonyl (C=O) groups is 1. The number of carbonyl (C=O) groups excluding carboxylic acids is 1. The molecule has 0 saturated heterocycles. The van der Waals surface area contributed by atoms with Gasteiger partial charge in [0.25, 0.3) is 0 Å². The van der Waals surface area contributed by atoms with Crippen LogP contribution in [-0.2, 0) is 0 Å². The Morgan fingerprint density at radius 3 is 2.61 bits per heavy atom. The smallest absolute Gasteiger partial charge is 0.248 e. The van der Waals surface area contributed by atoms with Gasteiger partial charge in [0.15, 0.2) is 6.29 Å². The molecule has 3 nitrogen and oxygen atoms in total. The Balaban J connectivity index is 2.07. The molecular weight excluding hydrogens is 242 g/mol. The molecule has 0 heterocycles. The van der Waals surface area contributed by atoms with Gasteiger partial charge in [-0.2, -0.15) is 0 Å². The summed E-state index contributed by atoms with van der Waals surface area (Å²) in [6.07, 6.45) is 0.272. The minimum absolute atomic E-state index is 0.0647. The Morgan fingerprint density at radius 2 is 2.00 bits per heavy atom. The molecule has 1 N–H and O–H groups in total. The van der Waals surface area contributed by atoms with Gasteiger partial charge in [0.05, 0.1) is 11.7 Å². The van der Waals surface area contributed by atoms with Crippen molar-refractivity contribution in [3.05, 3.63) is 23.8 Å². The maximum atomic E-state index is 13.0. The fourth-order valence-electron chi connectivity index (χ4n) is 2.06. The number of hydrogen-bond donors (Lipinski definition) is 1. The second-order valence-electron chi connectivity index (χ2n) is 4.48. The van der Waals surface area contributed by atoms with E-state index in [0.717, 1.165) is 0 Å². The van der Waals surface area contributed by atoms with Crippen LogP contribution in [0.1, 0.15) is 36.0 Å². The summed E-state index contributed by atoms with van der Waals surface area (Å²) in [5.74, 6) is -2.52. The van der Waals surface area contributed by atoms with Crippen molar-refractivity contribution in [1.82, 2.24) is 0 Å². The zero-order chi connectivity index (χ0) is 13.2. The highest BCUT2D eigenvalue weighted by Gasteiger charge is 2.35. The minimum atomic E-state index is -2.60. The van der Waals surface area contributed by atoms with E-state index in [1.54, 1.807) is 12.1 Å². The summed E-state index contributed by atoms with van der Waals surface area (Å²) in [6.45, 7) is 0. The second-order valence-corrected chi connectivity index (χ2v) is 4.48. The van der Waals surface area contributed by atoms with Gasteiger partial charge in [-0.1, -0.05) is 6.07 Å². The normalized spacial score (nSPS) is 19.4. The molecule has 0 radical (unpaired) electrons. The molecule has 5 heteroatoms.